The lowest BCUT2D eigenvalue weighted by Crippen LogP contribution is -2.51. The molecule has 0 unspecified atom stereocenters. The molecule has 0 radical (unpaired) electrons. The zero-order valence-corrected chi connectivity index (χ0v) is 20.0. The van der Waals surface area contributed by atoms with Crippen LogP contribution in [0.5, 0.6) is 5.75 Å². The Hall–Kier alpha value is -3.38. The van der Waals surface area contributed by atoms with Gasteiger partial charge in [0.05, 0.1) is 0 Å². The number of hydrogen-bond acceptors (Lipinski definition) is 3. The van der Waals surface area contributed by atoms with Gasteiger partial charge in [-0.3, -0.25) is 9.59 Å². The Morgan fingerprint density at radius 1 is 1.06 bits per heavy atom. The first-order valence-electron chi connectivity index (χ1n) is 11.1. The van der Waals surface area contributed by atoms with Gasteiger partial charge in [-0.2, -0.15) is 0 Å². The fourth-order valence-corrected chi connectivity index (χ4v) is 3.71. The van der Waals surface area contributed by atoms with Crippen LogP contribution in [0.4, 0.5) is 4.39 Å². The van der Waals surface area contributed by atoms with E-state index in [9.17, 15) is 14.0 Å². The van der Waals surface area contributed by atoms with Crippen LogP contribution < -0.4 is 10.1 Å². The molecule has 3 rings (SSSR count). The molecule has 0 heterocycles. The van der Waals surface area contributed by atoms with Gasteiger partial charge in [0, 0.05) is 30.1 Å². The Morgan fingerprint density at radius 2 is 1.76 bits per heavy atom. The van der Waals surface area contributed by atoms with Crippen molar-refractivity contribution in [2.45, 2.75) is 32.9 Å². The number of hydrogen-bond donors (Lipinski definition) is 1. The van der Waals surface area contributed by atoms with E-state index in [4.69, 9.17) is 16.3 Å². The SMILES string of the molecule is CCNC(=O)[C@H](Cc1ccccc1)N(Cc1ccccc1F)C(=O)COc1ccc(Cl)c(C)c1. The summed E-state index contributed by atoms with van der Waals surface area (Å²) in [4.78, 5) is 27.9. The summed E-state index contributed by atoms with van der Waals surface area (Å²) >= 11 is 6.07. The third-order valence-corrected chi connectivity index (χ3v) is 5.84. The van der Waals surface area contributed by atoms with E-state index in [0.29, 0.717) is 22.9 Å². The molecular weight excluding hydrogens is 455 g/mol. The number of benzene rings is 3. The number of likely N-dealkylation sites (N-methyl/N-ethyl adjacent to an activating group) is 1. The van der Waals surface area contributed by atoms with E-state index in [1.54, 1.807) is 36.4 Å². The standard InChI is InChI=1S/C27H28ClFN2O3/c1-3-30-27(33)25(16-20-9-5-4-6-10-20)31(17-21-11-7-8-12-24(21)29)26(32)18-34-22-13-14-23(28)19(2)15-22/h4-15,25H,3,16-18H2,1-2H3,(H,30,33)/t25-/m0/s1. The van der Waals surface area contributed by atoms with Crippen molar-refractivity contribution >= 4 is 23.4 Å². The Labute approximate surface area is 204 Å². The van der Waals surface area contributed by atoms with Crippen LogP contribution in [0.25, 0.3) is 0 Å². The van der Waals surface area contributed by atoms with E-state index in [-0.39, 0.29) is 25.5 Å². The number of nitrogens with one attached hydrogen (secondary N) is 1. The van der Waals surface area contributed by atoms with Crippen molar-refractivity contribution in [1.29, 1.82) is 0 Å². The Bertz CT molecular complexity index is 1120. The first-order chi connectivity index (χ1) is 16.4. The van der Waals surface area contributed by atoms with Crippen LogP contribution >= 0.6 is 11.6 Å². The van der Waals surface area contributed by atoms with Crippen LogP contribution in [0.2, 0.25) is 5.02 Å². The predicted molar refractivity (Wildman–Crippen MR) is 131 cm³/mol. The van der Waals surface area contributed by atoms with Crippen LogP contribution in [0.15, 0.2) is 72.8 Å². The minimum absolute atomic E-state index is 0.0663. The Kier molecular flexibility index (Phi) is 9.05. The highest BCUT2D eigenvalue weighted by molar-refractivity contribution is 6.31. The zero-order chi connectivity index (χ0) is 24.5. The molecule has 1 atom stereocenters. The molecule has 3 aromatic rings. The van der Waals surface area contributed by atoms with Gasteiger partial charge in [0.25, 0.3) is 5.91 Å². The minimum atomic E-state index is -0.843. The molecule has 5 nitrogen and oxygen atoms in total. The molecule has 2 amide bonds. The summed E-state index contributed by atoms with van der Waals surface area (Å²) in [5.41, 5.74) is 2.03. The molecule has 178 valence electrons. The van der Waals surface area contributed by atoms with E-state index in [1.165, 1.54) is 11.0 Å². The van der Waals surface area contributed by atoms with Gasteiger partial charge in [-0.25, -0.2) is 4.39 Å². The van der Waals surface area contributed by atoms with Crippen molar-refractivity contribution < 1.29 is 18.7 Å². The van der Waals surface area contributed by atoms with Crippen molar-refractivity contribution in [3.05, 3.63) is 100 Å². The lowest BCUT2D eigenvalue weighted by molar-refractivity contribution is -0.142. The molecule has 0 aliphatic rings. The van der Waals surface area contributed by atoms with Gasteiger partial charge in [-0.15, -0.1) is 0 Å². The normalized spacial score (nSPS) is 11.5. The summed E-state index contributed by atoms with van der Waals surface area (Å²) in [7, 11) is 0. The lowest BCUT2D eigenvalue weighted by atomic mass is 10.0. The van der Waals surface area contributed by atoms with Crippen LogP contribution in [-0.2, 0) is 22.6 Å². The van der Waals surface area contributed by atoms with Gasteiger partial charge in [-0.05, 0) is 49.2 Å². The quantitative estimate of drug-likeness (QED) is 0.445. The average molecular weight is 483 g/mol. The maximum Gasteiger partial charge on any atom is 0.261 e. The highest BCUT2D eigenvalue weighted by atomic mass is 35.5. The summed E-state index contributed by atoms with van der Waals surface area (Å²) in [5, 5.41) is 3.40. The molecule has 0 fully saturated rings. The van der Waals surface area contributed by atoms with Crippen molar-refractivity contribution in [2.24, 2.45) is 0 Å². The van der Waals surface area contributed by atoms with E-state index in [0.717, 1.165) is 11.1 Å². The Morgan fingerprint density at radius 3 is 2.44 bits per heavy atom. The molecule has 0 aliphatic carbocycles. The molecule has 1 N–H and O–H groups in total. The number of amides is 2. The summed E-state index contributed by atoms with van der Waals surface area (Å²) < 4.78 is 20.2. The lowest BCUT2D eigenvalue weighted by Gasteiger charge is -2.31. The van der Waals surface area contributed by atoms with Gasteiger partial charge in [0.2, 0.25) is 5.91 Å². The van der Waals surface area contributed by atoms with E-state index >= 15 is 0 Å². The van der Waals surface area contributed by atoms with Crippen molar-refractivity contribution in [2.75, 3.05) is 13.2 Å². The molecule has 3 aromatic carbocycles. The van der Waals surface area contributed by atoms with E-state index in [2.05, 4.69) is 5.32 Å². The van der Waals surface area contributed by atoms with Crippen molar-refractivity contribution in [3.63, 3.8) is 0 Å². The van der Waals surface area contributed by atoms with Crippen LogP contribution in [0.3, 0.4) is 0 Å². The number of carbonyl (C=O) groups is 2. The molecule has 0 saturated carbocycles. The largest absolute Gasteiger partial charge is 0.484 e. The van der Waals surface area contributed by atoms with Crippen LogP contribution in [0, 0.1) is 12.7 Å². The van der Waals surface area contributed by atoms with Gasteiger partial charge < -0.3 is 15.0 Å². The predicted octanol–water partition coefficient (Wildman–Crippen LogP) is 4.94. The molecule has 34 heavy (non-hydrogen) atoms. The molecule has 0 saturated heterocycles. The summed E-state index contributed by atoms with van der Waals surface area (Å²) in [6.07, 6.45) is 0.285. The minimum Gasteiger partial charge on any atom is -0.484 e. The topological polar surface area (TPSA) is 58.6 Å². The fourth-order valence-electron chi connectivity index (χ4n) is 3.59. The number of halogens is 2. The van der Waals surface area contributed by atoms with Crippen LogP contribution in [-0.4, -0.2) is 35.9 Å². The second kappa shape index (κ2) is 12.2. The highest BCUT2D eigenvalue weighted by Gasteiger charge is 2.31. The number of nitrogens with zero attached hydrogens (tertiary/aromatic N) is 1. The summed E-state index contributed by atoms with van der Waals surface area (Å²) in [5.74, 6) is -0.691. The maximum atomic E-state index is 14.5. The van der Waals surface area contributed by atoms with Crippen molar-refractivity contribution in [1.82, 2.24) is 10.2 Å². The first kappa shape index (κ1) is 25.2. The Balaban J connectivity index is 1.90. The highest BCUT2D eigenvalue weighted by Crippen LogP contribution is 2.22. The third-order valence-electron chi connectivity index (χ3n) is 5.41. The molecular formula is C27H28ClFN2O3. The smallest absolute Gasteiger partial charge is 0.261 e. The molecule has 0 bridgehead atoms. The number of ether oxygens (including phenoxy) is 1. The molecule has 0 aromatic heterocycles. The zero-order valence-electron chi connectivity index (χ0n) is 19.3. The molecule has 0 aliphatic heterocycles. The van der Waals surface area contributed by atoms with Crippen LogP contribution in [0.1, 0.15) is 23.6 Å². The van der Waals surface area contributed by atoms with Gasteiger partial charge in [0.15, 0.2) is 6.61 Å². The average Bonchev–Trinajstić information content (AvgIpc) is 2.83. The number of carbonyl (C=O) groups excluding carboxylic acids is 2. The second-order valence-corrected chi connectivity index (χ2v) is 8.32. The second-order valence-electron chi connectivity index (χ2n) is 7.91. The van der Waals surface area contributed by atoms with E-state index in [1.807, 2.05) is 44.2 Å². The summed E-state index contributed by atoms with van der Waals surface area (Å²) in [6.45, 7) is 3.69. The van der Waals surface area contributed by atoms with Gasteiger partial charge >= 0.3 is 0 Å². The van der Waals surface area contributed by atoms with Gasteiger partial charge in [0.1, 0.15) is 17.6 Å². The van der Waals surface area contributed by atoms with Crippen molar-refractivity contribution in [3.8, 4) is 5.75 Å². The monoisotopic (exact) mass is 482 g/mol. The third kappa shape index (κ3) is 6.81. The van der Waals surface area contributed by atoms with E-state index < -0.39 is 17.8 Å². The molecule has 7 heteroatoms. The summed E-state index contributed by atoms with van der Waals surface area (Å²) in [6, 6.07) is 19.9. The number of aryl methyl sites for hydroxylation is 1. The first-order valence-corrected chi connectivity index (χ1v) is 11.5. The molecule has 0 spiro atoms. The number of rotatable bonds is 10. The van der Waals surface area contributed by atoms with Gasteiger partial charge in [-0.1, -0.05) is 60.1 Å². The fraction of sp³-hybridized carbons (Fsp3) is 0.259. The maximum absolute atomic E-state index is 14.5.